The molecule has 3 rings (SSSR count). The average molecular weight is 345 g/mol. The molecular formula is C14H18Cl2N4O2. The Balaban J connectivity index is 0.00000121. The zero-order valence-electron chi connectivity index (χ0n) is 11.8. The molecule has 1 atom stereocenters. The molecule has 0 bridgehead atoms. The molecule has 8 heteroatoms. The number of nitrogens with two attached hydrogens (primary N) is 1. The van der Waals surface area contributed by atoms with Crippen LogP contribution in [0, 0.1) is 0 Å². The van der Waals surface area contributed by atoms with Gasteiger partial charge in [0.1, 0.15) is 0 Å². The number of rotatable bonds is 2. The van der Waals surface area contributed by atoms with Crippen LogP contribution in [-0.2, 0) is 0 Å². The van der Waals surface area contributed by atoms with Crippen molar-refractivity contribution in [3.8, 4) is 11.3 Å². The van der Waals surface area contributed by atoms with E-state index in [0.717, 1.165) is 24.9 Å². The maximum atomic E-state index is 12.3. The van der Waals surface area contributed by atoms with Crippen molar-refractivity contribution in [3.05, 3.63) is 36.3 Å². The van der Waals surface area contributed by atoms with Crippen molar-refractivity contribution >= 4 is 30.7 Å². The number of likely N-dealkylation sites (tertiary alicyclic amines) is 1. The molecular weight excluding hydrogens is 327 g/mol. The summed E-state index contributed by atoms with van der Waals surface area (Å²) >= 11 is 0. The lowest BCUT2D eigenvalue weighted by Crippen LogP contribution is -2.45. The molecule has 0 saturated carbocycles. The summed E-state index contributed by atoms with van der Waals surface area (Å²) in [6.45, 7) is 1.30. The van der Waals surface area contributed by atoms with E-state index in [1.165, 1.54) is 0 Å². The molecule has 1 unspecified atom stereocenters. The van der Waals surface area contributed by atoms with Gasteiger partial charge in [0.2, 0.25) is 0 Å². The van der Waals surface area contributed by atoms with Crippen molar-refractivity contribution in [1.29, 1.82) is 0 Å². The van der Waals surface area contributed by atoms with Crippen LogP contribution in [0.5, 0.6) is 0 Å². The van der Waals surface area contributed by atoms with Crippen molar-refractivity contribution in [2.45, 2.75) is 18.9 Å². The van der Waals surface area contributed by atoms with Gasteiger partial charge < -0.3 is 15.2 Å². The zero-order valence-corrected chi connectivity index (χ0v) is 13.5. The van der Waals surface area contributed by atoms with E-state index in [-0.39, 0.29) is 36.8 Å². The number of halogens is 2. The average Bonchev–Trinajstić information content (AvgIpc) is 2.97. The number of amides is 1. The van der Waals surface area contributed by atoms with Gasteiger partial charge in [-0.2, -0.15) is 0 Å². The van der Waals surface area contributed by atoms with Crippen LogP contribution in [0.1, 0.15) is 23.3 Å². The van der Waals surface area contributed by atoms with Gasteiger partial charge in [-0.3, -0.25) is 9.78 Å². The number of nitrogens with zero attached hydrogens (tertiary/aromatic N) is 3. The van der Waals surface area contributed by atoms with E-state index in [9.17, 15) is 4.79 Å². The van der Waals surface area contributed by atoms with E-state index >= 15 is 0 Å². The van der Waals surface area contributed by atoms with Gasteiger partial charge >= 0.3 is 0 Å². The molecule has 6 nitrogen and oxygen atoms in total. The van der Waals surface area contributed by atoms with Crippen LogP contribution >= 0.6 is 24.8 Å². The highest BCUT2D eigenvalue weighted by Gasteiger charge is 2.24. The summed E-state index contributed by atoms with van der Waals surface area (Å²) < 4.78 is 5.22. The summed E-state index contributed by atoms with van der Waals surface area (Å²) in [6.07, 6.45) is 5.25. The molecule has 1 aliphatic heterocycles. The highest BCUT2D eigenvalue weighted by Crippen LogP contribution is 2.20. The Kier molecular flexibility index (Phi) is 6.80. The Hall–Kier alpha value is -1.63. The Morgan fingerprint density at radius 1 is 1.41 bits per heavy atom. The molecule has 120 valence electrons. The third-order valence-electron chi connectivity index (χ3n) is 3.42. The van der Waals surface area contributed by atoms with Crippen molar-refractivity contribution < 1.29 is 9.32 Å². The first-order valence-electron chi connectivity index (χ1n) is 6.66. The lowest BCUT2D eigenvalue weighted by molar-refractivity contribution is 0.0698. The van der Waals surface area contributed by atoms with Gasteiger partial charge in [0.25, 0.3) is 5.91 Å². The number of carbonyl (C=O) groups excluding carboxylic acids is 1. The number of hydrogen-bond acceptors (Lipinski definition) is 5. The quantitative estimate of drug-likeness (QED) is 0.901. The predicted octanol–water partition coefficient (Wildman–Crippen LogP) is 2.14. The highest BCUT2D eigenvalue weighted by atomic mass is 35.5. The zero-order chi connectivity index (χ0) is 13.9. The minimum Gasteiger partial charge on any atom is -0.355 e. The lowest BCUT2D eigenvalue weighted by Gasteiger charge is -2.29. The third-order valence-corrected chi connectivity index (χ3v) is 3.42. The van der Waals surface area contributed by atoms with E-state index in [4.69, 9.17) is 10.3 Å². The molecule has 2 N–H and O–H groups in total. The van der Waals surface area contributed by atoms with Crippen LogP contribution in [0.4, 0.5) is 0 Å². The number of piperidine rings is 1. The van der Waals surface area contributed by atoms with Gasteiger partial charge in [-0.05, 0) is 25.0 Å². The summed E-state index contributed by atoms with van der Waals surface area (Å²) in [4.78, 5) is 18.1. The van der Waals surface area contributed by atoms with E-state index < -0.39 is 0 Å². The fourth-order valence-corrected chi connectivity index (χ4v) is 2.38. The normalized spacial score (nSPS) is 17.3. The Morgan fingerprint density at radius 3 is 2.91 bits per heavy atom. The molecule has 1 fully saturated rings. The fraction of sp³-hybridized carbons (Fsp3) is 0.357. The molecule has 1 aliphatic rings. The molecule has 1 saturated heterocycles. The molecule has 1 amide bonds. The van der Waals surface area contributed by atoms with Gasteiger partial charge in [0.05, 0.1) is 0 Å². The Morgan fingerprint density at radius 2 is 2.23 bits per heavy atom. The van der Waals surface area contributed by atoms with Crippen LogP contribution < -0.4 is 5.73 Å². The molecule has 2 aromatic rings. The van der Waals surface area contributed by atoms with Gasteiger partial charge in [0.15, 0.2) is 11.5 Å². The smallest absolute Gasteiger partial charge is 0.276 e. The van der Waals surface area contributed by atoms with Crippen molar-refractivity contribution in [2.24, 2.45) is 5.73 Å². The SMILES string of the molecule is Cl.Cl.NC1CCCN(C(=O)c2cc(-c3cccnc3)on2)C1. The second-order valence-corrected chi connectivity index (χ2v) is 4.97. The van der Waals surface area contributed by atoms with Crippen LogP contribution in [0.15, 0.2) is 35.1 Å². The van der Waals surface area contributed by atoms with Crippen LogP contribution in [-0.4, -0.2) is 40.1 Å². The number of carbonyl (C=O) groups is 1. The summed E-state index contributed by atoms with van der Waals surface area (Å²) in [6, 6.07) is 5.37. The van der Waals surface area contributed by atoms with Crippen molar-refractivity contribution in [1.82, 2.24) is 15.0 Å². The van der Waals surface area contributed by atoms with E-state index in [2.05, 4.69) is 10.1 Å². The fourth-order valence-electron chi connectivity index (χ4n) is 2.38. The minimum absolute atomic E-state index is 0. The largest absolute Gasteiger partial charge is 0.355 e. The topological polar surface area (TPSA) is 85.2 Å². The van der Waals surface area contributed by atoms with Crippen LogP contribution in [0.3, 0.4) is 0 Å². The summed E-state index contributed by atoms with van der Waals surface area (Å²) in [5, 5.41) is 3.86. The van der Waals surface area contributed by atoms with Gasteiger partial charge in [0, 0.05) is 43.2 Å². The number of hydrogen-bond donors (Lipinski definition) is 1. The maximum absolute atomic E-state index is 12.3. The third kappa shape index (κ3) is 3.97. The molecule has 0 spiro atoms. The summed E-state index contributed by atoms with van der Waals surface area (Å²) in [5.41, 5.74) is 7.01. The lowest BCUT2D eigenvalue weighted by atomic mass is 10.1. The molecule has 3 heterocycles. The minimum atomic E-state index is -0.126. The summed E-state index contributed by atoms with van der Waals surface area (Å²) in [5.74, 6) is 0.418. The van der Waals surface area contributed by atoms with E-state index in [1.54, 1.807) is 23.4 Å². The Labute approximate surface area is 140 Å². The monoisotopic (exact) mass is 344 g/mol. The first-order valence-corrected chi connectivity index (χ1v) is 6.66. The maximum Gasteiger partial charge on any atom is 0.276 e. The molecule has 0 aliphatic carbocycles. The summed E-state index contributed by atoms with van der Waals surface area (Å²) in [7, 11) is 0. The standard InChI is InChI=1S/C14H16N4O2.2ClH/c15-11-4-2-6-18(9-11)14(19)12-7-13(20-17-12)10-3-1-5-16-8-10;;/h1,3,5,7-8,11H,2,4,6,9,15H2;2*1H. The second-order valence-electron chi connectivity index (χ2n) is 4.97. The first kappa shape index (κ1) is 18.4. The molecule has 2 aromatic heterocycles. The predicted molar refractivity (Wildman–Crippen MR) is 87.3 cm³/mol. The highest BCUT2D eigenvalue weighted by molar-refractivity contribution is 5.93. The molecule has 0 aromatic carbocycles. The van der Waals surface area contributed by atoms with Crippen molar-refractivity contribution in [2.75, 3.05) is 13.1 Å². The molecule has 22 heavy (non-hydrogen) atoms. The Bertz CT molecular complexity index is 606. The molecule has 0 radical (unpaired) electrons. The van der Waals surface area contributed by atoms with E-state index in [1.807, 2.05) is 12.1 Å². The second kappa shape index (κ2) is 8.12. The first-order chi connectivity index (χ1) is 9.74. The van der Waals surface area contributed by atoms with Crippen molar-refractivity contribution in [3.63, 3.8) is 0 Å². The van der Waals surface area contributed by atoms with Crippen LogP contribution in [0.25, 0.3) is 11.3 Å². The van der Waals surface area contributed by atoms with Gasteiger partial charge in [-0.15, -0.1) is 24.8 Å². The number of pyridine rings is 1. The number of aromatic nitrogens is 2. The van der Waals surface area contributed by atoms with Gasteiger partial charge in [-0.1, -0.05) is 5.16 Å². The van der Waals surface area contributed by atoms with E-state index in [0.29, 0.717) is 18.0 Å². The van der Waals surface area contributed by atoms with Gasteiger partial charge in [-0.25, -0.2) is 0 Å². The van der Waals surface area contributed by atoms with Crippen LogP contribution in [0.2, 0.25) is 0 Å².